The molecule has 1 aromatic rings. The van der Waals surface area contributed by atoms with Gasteiger partial charge < -0.3 is 10.2 Å². The van der Waals surface area contributed by atoms with Gasteiger partial charge in [0.15, 0.2) is 5.13 Å². The smallest absolute Gasteiger partial charge is 0.186 e. The first-order valence-electron chi connectivity index (χ1n) is 8.69. The van der Waals surface area contributed by atoms with Crippen LogP contribution in [0, 0.1) is 5.92 Å². The Hall–Kier alpha value is -0.610. The number of nitrogens with zero attached hydrogens (tertiary/aromatic N) is 2. The van der Waals surface area contributed by atoms with Crippen molar-refractivity contribution < 1.29 is 0 Å². The third-order valence-electron chi connectivity index (χ3n) is 5.16. The lowest BCUT2D eigenvalue weighted by atomic mass is 10.0. The van der Waals surface area contributed by atoms with E-state index in [1.807, 2.05) is 11.3 Å². The van der Waals surface area contributed by atoms with Gasteiger partial charge in [0.05, 0.1) is 5.69 Å². The van der Waals surface area contributed by atoms with Crippen molar-refractivity contribution in [3.8, 4) is 0 Å². The van der Waals surface area contributed by atoms with E-state index in [0.717, 1.165) is 25.0 Å². The average Bonchev–Trinajstić information content (AvgIpc) is 3.21. The normalized spacial score (nSPS) is 25.8. The number of thiazole rings is 1. The zero-order valence-corrected chi connectivity index (χ0v) is 14.5. The van der Waals surface area contributed by atoms with E-state index in [1.165, 1.54) is 54.4 Å². The number of anilines is 1. The van der Waals surface area contributed by atoms with Gasteiger partial charge in [-0.1, -0.05) is 20.8 Å². The molecule has 2 bridgehead atoms. The number of nitrogens with one attached hydrogen (secondary N) is 1. The lowest BCUT2D eigenvalue weighted by molar-refractivity contribution is 0.552. The van der Waals surface area contributed by atoms with Crippen LogP contribution in [0.1, 0.15) is 69.4 Å². The van der Waals surface area contributed by atoms with E-state index in [-0.39, 0.29) is 0 Å². The number of rotatable bonds is 7. The van der Waals surface area contributed by atoms with Crippen molar-refractivity contribution in [1.82, 2.24) is 10.3 Å². The fraction of sp³-hybridized carbons (Fsp3) is 0.824. The summed E-state index contributed by atoms with van der Waals surface area (Å²) in [7, 11) is 0. The molecular weight excluding hydrogens is 278 g/mol. The monoisotopic (exact) mass is 307 g/mol. The predicted octanol–water partition coefficient (Wildman–Crippen LogP) is 4.14. The molecule has 1 N–H and O–H groups in total. The molecule has 1 aliphatic heterocycles. The van der Waals surface area contributed by atoms with Gasteiger partial charge in [-0.3, -0.25) is 0 Å². The highest BCUT2D eigenvalue weighted by atomic mass is 32.1. The standard InChI is InChI=1S/C17H29N3S/c1-4-8-18-10-15-16(12(3)5-2)19-17(21-15)20-11-13-6-7-14(20)9-13/h12-14,18H,4-11H2,1-3H3. The van der Waals surface area contributed by atoms with Gasteiger partial charge in [0.1, 0.15) is 0 Å². The number of hydrogen-bond acceptors (Lipinski definition) is 4. The Kier molecular flexibility index (Phi) is 4.85. The molecule has 2 fully saturated rings. The zero-order chi connectivity index (χ0) is 14.8. The molecule has 21 heavy (non-hydrogen) atoms. The maximum absolute atomic E-state index is 5.06. The SMILES string of the molecule is CCCNCc1sc(N2CC3CCC2C3)nc1C(C)CC. The molecule has 0 spiro atoms. The number of piperidine rings is 1. The van der Waals surface area contributed by atoms with Crippen molar-refractivity contribution in [2.45, 2.75) is 71.4 Å². The quantitative estimate of drug-likeness (QED) is 0.767. The molecule has 2 aliphatic rings. The minimum absolute atomic E-state index is 0.577. The minimum atomic E-state index is 0.577. The summed E-state index contributed by atoms with van der Waals surface area (Å²) in [6.07, 6.45) is 6.60. The average molecular weight is 308 g/mol. The van der Waals surface area contributed by atoms with E-state index in [4.69, 9.17) is 4.98 Å². The van der Waals surface area contributed by atoms with Gasteiger partial charge in [-0.2, -0.15) is 0 Å². The second-order valence-electron chi connectivity index (χ2n) is 6.78. The van der Waals surface area contributed by atoms with Crippen LogP contribution in [-0.2, 0) is 6.54 Å². The van der Waals surface area contributed by atoms with Crippen LogP contribution in [0.4, 0.5) is 5.13 Å². The van der Waals surface area contributed by atoms with Crippen molar-refractivity contribution in [3.63, 3.8) is 0 Å². The van der Waals surface area contributed by atoms with Crippen LogP contribution in [0.25, 0.3) is 0 Å². The fourth-order valence-corrected chi connectivity index (χ4v) is 4.95. The van der Waals surface area contributed by atoms with Gasteiger partial charge in [-0.25, -0.2) is 4.98 Å². The summed E-state index contributed by atoms with van der Waals surface area (Å²) in [5.41, 5.74) is 1.35. The summed E-state index contributed by atoms with van der Waals surface area (Å²) in [6.45, 7) is 10.2. The van der Waals surface area contributed by atoms with Crippen LogP contribution in [0.3, 0.4) is 0 Å². The van der Waals surface area contributed by atoms with Gasteiger partial charge >= 0.3 is 0 Å². The molecule has 3 rings (SSSR count). The Morgan fingerprint density at radius 2 is 2.24 bits per heavy atom. The van der Waals surface area contributed by atoms with Gasteiger partial charge in [-0.05, 0) is 50.5 Å². The maximum Gasteiger partial charge on any atom is 0.186 e. The maximum atomic E-state index is 5.06. The fourth-order valence-electron chi connectivity index (χ4n) is 3.72. The topological polar surface area (TPSA) is 28.2 Å². The summed E-state index contributed by atoms with van der Waals surface area (Å²) in [4.78, 5) is 9.14. The Morgan fingerprint density at radius 3 is 2.86 bits per heavy atom. The van der Waals surface area contributed by atoms with Crippen LogP contribution >= 0.6 is 11.3 Å². The molecule has 2 heterocycles. The van der Waals surface area contributed by atoms with Crippen molar-refractivity contribution in [1.29, 1.82) is 0 Å². The predicted molar refractivity (Wildman–Crippen MR) is 91.3 cm³/mol. The van der Waals surface area contributed by atoms with E-state index >= 15 is 0 Å². The molecule has 3 nitrogen and oxygen atoms in total. The summed E-state index contributed by atoms with van der Waals surface area (Å²) in [6, 6.07) is 0.780. The highest BCUT2D eigenvalue weighted by Gasteiger charge is 2.39. The third-order valence-corrected chi connectivity index (χ3v) is 6.27. The molecule has 0 amide bonds. The molecule has 1 aromatic heterocycles. The lowest BCUT2D eigenvalue weighted by Gasteiger charge is -2.26. The van der Waals surface area contributed by atoms with E-state index in [0.29, 0.717) is 5.92 Å². The highest BCUT2D eigenvalue weighted by molar-refractivity contribution is 7.15. The first-order chi connectivity index (χ1) is 10.2. The van der Waals surface area contributed by atoms with Gasteiger partial charge in [0.2, 0.25) is 0 Å². The second-order valence-corrected chi connectivity index (χ2v) is 7.84. The summed E-state index contributed by atoms with van der Waals surface area (Å²) in [5.74, 6) is 1.51. The van der Waals surface area contributed by atoms with E-state index < -0.39 is 0 Å². The highest BCUT2D eigenvalue weighted by Crippen LogP contribution is 2.42. The molecule has 0 aromatic carbocycles. The largest absolute Gasteiger partial charge is 0.345 e. The molecule has 4 heteroatoms. The second kappa shape index (κ2) is 6.66. The Bertz CT molecular complexity index is 471. The molecule has 1 saturated carbocycles. The van der Waals surface area contributed by atoms with Crippen LogP contribution in [-0.4, -0.2) is 24.1 Å². The molecule has 118 valence electrons. The summed E-state index contributed by atoms with van der Waals surface area (Å²) >= 11 is 1.94. The lowest BCUT2D eigenvalue weighted by Crippen LogP contribution is -2.31. The van der Waals surface area contributed by atoms with Crippen molar-refractivity contribution in [2.24, 2.45) is 5.92 Å². The number of hydrogen-bond donors (Lipinski definition) is 1. The van der Waals surface area contributed by atoms with Crippen molar-refractivity contribution in [2.75, 3.05) is 18.0 Å². The molecule has 3 unspecified atom stereocenters. The van der Waals surface area contributed by atoms with Crippen LogP contribution in [0.2, 0.25) is 0 Å². The van der Waals surface area contributed by atoms with E-state index in [1.54, 1.807) is 0 Å². The first kappa shape index (κ1) is 15.3. The van der Waals surface area contributed by atoms with Gasteiger partial charge in [-0.15, -0.1) is 11.3 Å². The molecule has 3 atom stereocenters. The van der Waals surface area contributed by atoms with Crippen molar-refractivity contribution >= 4 is 16.5 Å². The Labute approximate surface area is 133 Å². The number of fused-ring (bicyclic) bond motifs is 2. The van der Waals surface area contributed by atoms with Crippen molar-refractivity contribution in [3.05, 3.63) is 10.6 Å². The van der Waals surface area contributed by atoms with Crippen LogP contribution in [0.5, 0.6) is 0 Å². The van der Waals surface area contributed by atoms with Gasteiger partial charge in [0, 0.05) is 24.0 Å². The molecule has 1 aliphatic carbocycles. The first-order valence-corrected chi connectivity index (χ1v) is 9.51. The summed E-state index contributed by atoms with van der Waals surface area (Å²) in [5, 5.41) is 4.86. The molecule has 1 saturated heterocycles. The molecular formula is C17H29N3S. The third kappa shape index (κ3) is 3.11. The zero-order valence-electron chi connectivity index (χ0n) is 13.7. The van der Waals surface area contributed by atoms with Gasteiger partial charge in [0.25, 0.3) is 0 Å². The van der Waals surface area contributed by atoms with Crippen LogP contribution in [0.15, 0.2) is 0 Å². The Balaban J connectivity index is 1.78. The van der Waals surface area contributed by atoms with E-state index in [9.17, 15) is 0 Å². The molecule has 0 radical (unpaired) electrons. The Morgan fingerprint density at radius 1 is 1.38 bits per heavy atom. The minimum Gasteiger partial charge on any atom is -0.345 e. The van der Waals surface area contributed by atoms with Crippen LogP contribution < -0.4 is 10.2 Å². The number of aromatic nitrogens is 1. The summed E-state index contributed by atoms with van der Waals surface area (Å²) < 4.78 is 0. The van der Waals surface area contributed by atoms with E-state index in [2.05, 4.69) is 31.0 Å².